The molecule has 25 heavy (non-hydrogen) atoms. The summed E-state index contributed by atoms with van der Waals surface area (Å²) in [5, 5.41) is 38.7. The summed E-state index contributed by atoms with van der Waals surface area (Å²) in [7, 11) is -3.06. The topological polar surface area (TPSA) is 158 Å². The standard InChI is InChI=1S/C15H9O9P/c16-7-4-9(18)12-11(5-7)23-15(14(20)13(12)19)6-1-2-8(17)10(3-6)24-25(21)22/h1-5H,(H4-,16,17,18,19,20,21,22)/p+1. The van der Waals surface area contributed by atoms with Gasteiger partial charge in [-0.15, -0.1) is 4.89 Å². The third-order valence-electron chi connectivity index (χ3n) is 3.33. The lowest BCUT2D eigenvalue weighted by atomic mass is 10.1. The Labute approximate surface area is 139 Å². The molecule has 3 aromatic rings. The zero-order valence-corrected chi connectivity index (χ0v) is 13.1. The number of benzene rings is 2. The van der Waals surface area contributed by atoms with Crippen LogP contribution in [0.15, 0.2) is 39.5 Å². The first kappa shape index (κ1) is 16.6. The summed E-state index contributed by atoms with van der Waals surface area (Å²) in [6.07, 6.45) is 0. The smallest absolute Gasteiger partial charge is 0.508 e. The summed E-state index contributed by atoms with van der Waals surface area (Å²) >= 11 is 0. The van der Waals surface area contributed by atoms with Gasteiger partial charge in [0.15, 0.2) is 11.5 Å². The van der Waals surface area contributed by atoms with E-state index in [0.717, 1.165) is 24.3 Å². The second-order valence-electron chi connectivity index (χ2n) is 4.96. The highest BCUT2D eigenvalue weighted by atomic mass is 31.1. The van der Waals surface area contributed by atoms with Gasteiger partial charge in [0.25, 0.3) is 0 Å². The van der Waals surface area contributed by atoms with Crippen LogP contribution in [0.5, 0.6) is 28.7 Å². The van der Waals surface area contributed by atoms with Crippen LogP contribution < -0.4 is 9.95 Å². The molecule has 0 saturated carbocycles. The van der Waals surface area contributed by atoms with Crippen LogP contribution in [0.3, 0.4) is 0 Å². The Morgan fingerprint density at radius 2 is 1.72 bits per heavy atom. The molecule has 0 amide bonds. The lowest BCUT2D eigenvalue weighted by Crippen LogP contribution is -2.03. The van der Waals surface area contributed by atoms with Crippen LogP contribution in [-0.4, -0.2) is 25.3 Å². The van der Waals surface area contributed by atoms with Crippen molar-refractivity contribution in [2.24, 2.45) is 0 Å². The molecule has 0 saturated heterocycles. The molecular weight excluding hydrogens is 355 g/mol. The van der Waals surface area contributed by atoms with Gasteiger partial charge in [-0.25, -0.2) is 4.52 Å². The number of aromatic hydroxyl groups is 4. The lowest BCUT2D eigenvalue weighted by Gasteiger charge is -2.08. The van der Waals surface area contributed by atoms with Crippen LogP contribution in [0.2, 0.25) is 0 Å². The maximum absolute atomic E-state index is 12.3. The molecule has 0 bridgehead atoms. The molecule has 9 nitrogen and oxygen atoms in total. The lowest BCUT2D eigenvalue weighted by molar-refractivity contribution is 0.389. The highest BCUT2D eigenvalue weighted by molar-refractivity contribution is 7.32. The number of rotatable bonds is 3. The summed E-state index contributed by atoms with van der Waals surface area (Å²) < 4.78 is 20.7. The average Bonchev–Trinajstić information content (AvgIpc) is 2.52. The first-order valence-corrected chi connectivity index (χ1v) is 7.80. The first-order chi connectivity index (χ1) is 11.8. The van der Waals surface area contributed by atoms with Crippen LogP contribution in [0.25, 0.3) is 22.3 Å². The predicted octanol–water partition coefficient (Wildman–Crippen LogP) is 2.31. The van der Waals surface area contributed by atoms with E-state index in [0.29, 0.717) is 0 Å². The van der Waals surface area contributed by atoms with Crippen molar-refractivity contribution in [1.82, 2.24) is 0 Å². The Bertz CT molecular complexity index is 1070. The van der Waals surface area contributed by atoms with E-state index in [1.165, 1.54) is 6.07 Å². The van der Waals surface area contributed by atoms with E-state index in [1.54, 1.807) is 0 Å². The second-order valence-corrected chi connectivity index (χ2v) is 5.62. The molecule has 128 valence electrons. The van der Waals surface area contributed by atoms with Crippen molar-refractivity contribution < 1.29 is 38.8 Å². The van der Waals surface area contributed by atoms with E-state index in [9.17, 15) is 29.8 Å². The van der Waals surface area contributed by atoms with Gasteiger partial charge in [0.2, 0.25) is 16.9 Å². The van der Waals surface area contributed by atoms with Gasteiger partial charge in [-0.3, -0.25) is 4.79 Å². The maximum Gasteiger partial charge on any atom is 0.747 e. The third-order valence-corrected chi connectivity index (χ3v) is 3.69. The molecule has 1 atom stereocenters. The normalized spacial score (nSPS) is 11.5. The molecule has 10 heteroatoms. The fraction of sp³-hybridized carbons (Fsp3) is 0. The SMILES string of the molecule is O=c1c(O)c(-c2ccc(O)c(O[P+](=O)O)c2)oc2cc(O)cc(O)c12. The predicted molar refractivity (Wildman–Crippen MR) is 85.0 cm³/mol. The van der Waals surface area contributed by atoms with E-state index in [1.807, 2.05) is 0 Å². The van der Waals surface area contributed by atoms with E-state index < -0.39 is 30.9 Å². The second kappa shape index (κ2) is 5.97. The van der Waals surface area contributed by atoms with Gasteiger partial charge in [-0.1, -0.05) is 0 Å². The zero-order chi connectivity index (χ0) is 18.3. The van der Waals surface area contributed by atoms with E-state index >= 15 is 0 Å². The number of hydrogen-bond acceptors (Lipinski definition) is 8. The minimum Gasteiger partial charge on any atom is -0.508 e. The van der Waals surface area contributed by atoms with Gasteiger partial charge in [-0.05, 0) is 12.1 Å². The Morgan fingerprint density at radius 3 is 2.40 bits per heavy atom. The van der Waals surface area contributed by atoms with Crippen LogP contribution in [0, 0.1) is 0 Å². The van der Waals surface area contributed by atoms with Crippen molar-refractivity contribution in [2.45, 2.75) is 0 Å². The van der Waals surface area contributed by atoms with Gasteiger partial charge < -0.3 is 24.8 Å². The molecule has 3 rings (SSSR count). The third kappa shape index (κ3) is 2.93. The summed E-state index contributed by atoms with van der Waals surface area (Å²) in [6, 6.07) is 5.43. The molecule has 1 unspecified atom stereocenters. The van der Waals surface area contributed by atoms with Crippen molar-refractivity contribution in [1.29, 1.82) is 0 Å². The molecule has 0 aliphatic rings. The molecule has 0 aliphatic carbocycles. The highest BCUT2D eigenvalue weighted by Gasteiger charge is 2.22. The minimum atomic E-state index is -3.06. The van der Waals surface area contributed by atoms with Gasteiger partial charge in [0.1, 0.15) is 22.5 Å². The number of phenolic OH excluding ortho intramolecular Hbond substituents is 3. The Hall–Kier alpha value is -3.29. The van der Waals surface area contributed by atoms with Crippen molar-refractivity contribution in [3.8, 4) is 40.1 Å². The summed E-state index contributed by atoms with van der Waals surface area (Å²) in [4.78, 5) is 21.1. The van der Waals surface area contributed by atoms with Gasteiger partial charge in [0, 0.05) is 28.3 Å². The molecule has 1 heterocycles. The van der Waals surface area contributed by atoms with Crippen LogP contribution in [-0.2, 0) is 4.57 Å². The van der Waals surface area contributed by atoms with E-state index in [-0.39, 0.29) is 33.8 Å². The fourth-order valence-electron chi connectivity index (χ4n) is 2.28. The Balaban J connectivity index is 2.28. The van der Waals surface area contributed by atoms with Crippen molar-refractivity contribution >= 4 is 19.2 Å². The van der Waals surface area contributed by atoms with Crippen molar-refractivity contribution in [3.05, 3.63) is 40.6 Å². The molecular formula is C15H10O9P+. The average molecular weight is 365 g/mol. The minimum absolute atomic E-state index is 0.0454. The van der Waals surface area contributed by atoms with E-state index in [2.05, 4.69) is 4.52 Å². The van der Waals surface area contributed by atoms with Crippen LogP contribution >= 0.6 is 8.25 Å². The summed E-state index contributed by atoms with van der Waals surface area (Å²) in [5.41, 5.74) is -1.10. The molecule has 5 N–H and O–H groups in total. The molecule has 2 aromatic carbocycles. The van der Waals surface area contributed by atoms with Crippen LogP contribution in [0.1, 0.15) is 0 Å². The fourth-order valence-corrected chi connectivity index (χ4v) is 2.60. The zero-order valence-electron chi connectivity index (χ0n) is 12.2. The number of hydrogen-bond donors (Lipinski definition) is 5. The number of fused-ring (bicyclic) bond motifs is 1. The Morgan fingerprint density at radius 1 is 1.00 bits per heavy atom. The summed E-state index contributed by atoms with van der Waals surface area (Å²) in [5.74, 6) is -2.94. The van der Waals surface area contributed by atoms with Gasteiger partial charge in [0.05, 0.1) is 0 Å². The highest BCUT2D eigenvalue weighted by Crippen LogP contribution is 2.39. The monoisotopic (exact) mass is 365 g/mol. The molecule has 0 aliphatic heterocycles. The Kier molecular flexibility index (Phi) is 3.96. The first-order valence-electron chi connectivity index (χ1n) is 6.67. The van der Waals surface area contributed by atoms with Crippen molar-refractivity contribution in [2.75, 3.05) is 0 Å². The van der Waals surface area contributed by atoms with Crippen LogP contribution in [0.4, 0.5) is 0 Å². The van der Waals surface area contributed by atoms with Gasteiger partial charge >= 0.3 is 8.25 Å². The molecule has 0 spiro atoms. The summed E-state index contributed by atoms with van der Waals surface area (Å²) in [6.45, 7) is 0. The number of phenols is 3. The van der Waals surface area contributed by atoms with Crippen molar-refractivity contribution in [3.63, 3.8) is 0 Å². The molecule has 0 fully saturated rings. The quantitative estimate of drug-likeness (QED) is 0.439. The molecule has 0 radical (unpaired) electrons. The maximum atomic E-state index is 12.3. The van der Waals surface area contributed by atoms with E-state index in [4.69, 9.17) is 9.31 Å². The largest absolute Gasteiger partial charge is 0.747 e. The molecule has 1 aromatic heterocycles. The van der Waals surface area contributed by atoms with Gasteiger partial charge in [-0.2, -0.15) is 0 Å².